The molecule has 2 aromatic carbocycles. The lowest BCUT2D eigenvalue weighted by Gasteiger charge is -2.30. The molecule has 0 spiro atoms. The monoisotopic (exact) mass is 566 g/mol. The minimum atomic E-state index is -5.44. The summed E-state index contributed by atoms with van der Waals surface area (Å²) < 4.78 is 123. The number of oxime groups is 1. The van der Waals surface area contributed by atoms with Crippen LogP contribution in [0.4, 0.5) is 45.2 Å². The van der Waals surface area contributed by atoms with Crippen molar-refractivity contribution in [1.82, 2.24) is 0 Å². The van der Waals surface area contributed by atoms with Gasteiger partial charge in [-0.1, -0.05) is 11.2 Å². The van der Waals surface area contributed by atoms with Gasteiger partial charge in [0.15, 0.2) is 0 Å². The first-order chi connectivity index (χ1) is 17.5. The van der Waals surface area contributed by atoms with Crippen LogP contribution in [-0.2, 0) is 22.8 Å². The Balaban J connectivity index is 1.71. The van der Waals surface area contributed by atoms with Gasteiger partial charge in [-0.3, -0.25) is 4.79 Å². The van der Waals surface area contributed by atoms with Gasteiger partial charge in [0.1, 0.15) is 0 Å². The molecule has 1 amide bonds. The van der Waals surface area contributed by atoms with Gasteiger partial charge in [-0.2, -0.15) is 50.9 Å². The molecule has 1 atom stereocenters. The van der Waals surface area contributed by atoms with Crippen LogP contribution in [0.2, 0.25) is 0 Å². The largest absolute Gasteiger partial charge is 0.435 e. The van der Waals surface area contributed by atoms with E-state index < -0.39 is 53.1 Å². The van der Waals surface area contributed by atoms with E-state index in [1.807, 2.05) is 0 Å². The number of carbonyl (C=O) groups excluding carboxylic acids is 1. The van der Waals surface area contributed by atoms with Gasteiger partial charge in [0, 0.05) is 22.9 Å². The number of nitrogens with one attached hydrogen (secondary N) is 1. The molecule has 2 heterocycles. The van der Waals surface area contributed by atoms with Crippen LogP contribution in [-0.4, -0.2) is 17.8 Å². The van der Waals surface area contributed by atoms with Crippen LogP contribution in [0.3, 0.4) is 0 Å². The van der Waals surface area contributed by atoms with Crippen molar-refractivity contribution in [2.24, 2.45) is 5.16 Å². The molecule has 1 N–H and O–H groups in total. The molecule has 0 fully saturated rings. The molecule has 0 saturated heterocycles. The minimum absolute atomic E-state index is 0.0235. The van der Waals surface area contributed by atoms with Crippen LogP contribution in [0.5, 0.6) is 0 Å². The Bertz CT molecular complexity index is 1360. The molecular formula is C24H15F9N2O2S. The predicted octanol–water partition coefficient (Wildman–Crippen LogP) is 7.93. The van der Waals surface area contributed by atoms with Gasteiger partial charge in [-0.15, -0.1) is 0 Å². The number of carbonyl (C=O) groups is 1. The number of benzene rings is 2. The third-order valence-electron chi connectivity index (χ3n) is 5.82. The van der Waals surface area contributed by atoms with Crippen molar-refractivity contribution >= 4 is 28.6 Å². The molecule has 1 aromatic heterocycles. The average molecular weight is 566 g/mol. The highest BCUT2D eigenvalue weighted by molar-refractivity contribution is 7.08. The molecule has 38 heavy (non-hydrogen) atoms. The molecule has 4 rings (SSSR count). The van der Waals surface area contributed by atoms with Crippen molar-refractivity contribution in [2.75, 3.05) is 5.32 Å². The van der Waals surface area contributed by atoms with E-state index in [1.54, 1.807) is 16.8 Å². The van der Waals surface area contributed by atoms with Crippen LogP contribution in [0, 0.1) is 6.92 Å². The van der Waals surface area contributed by atoms with E-state index in [4.69, 9.17) is 0 Å². The summed E-state index contributed by atoms with van der Waals surface area (Å²) in [6.07, 6.45) is -17.4. The fourth-order valence-corrected chi connectivity index (χ4v) is 4.47. The van der Waals surface area contributed by atoms with E-state index >= 15 is 0 Å². The standard InChI is InChI=1S/C24H15F9N2O2S/c1-12-6-13(2-3-18(12)20(36)34-17-4-5-38-11-17)19-10-21(37-35-19,24(31,32)33)14-7-15(22(25,26)27)9-16(8-14)23(28,29)30/h2-9,11H,10H2,1H3,(H,34,36). The average Bonchev–Trinajstić information content (AvgIpc) is 3.48. The summed E-state index contributed by atoms with van der Waals surface area (Å²) in [5, 5.41) is 9.46. The second kappa shape index (κ2) is 9.33. The number of anilines is 1. The maximum atomic E-state index is 14.3. The van der Waals surface area contributed by atoms with Crippen molar-refractivity contribution < 1.29 is 49.1 Å². The minimum Gasteiger partial charge on any atom is -0.374 e. The first kappa shape index (κ1) is 27.5. The van der Waals surface area contributed by atoms with Crippen LogP contribution >= 0.6 is 11.3 Å². The topological polar surface area (TPSA) is 50.7 Å². The number of nitrogens with zero attached hydrogens (tertiary/aromatic N) is 1. The van der Waals surface area contributed by atoms with E-state index in [0.717, 1.165) is 0 Å². The Morgan fingerprint density at radius 3 is 2.08 bits per heavy atom. The highest BCUT2D eigenvalue weighted by Gasteiger charge is 2.63. The van der Waals surface area contributed by atoms with Crippen molar-refractivity contribution in [1.29, 1.82) is 0 Å². The Morgan fingerprint density at radius 2 is 1.58 bits per heavy atom. The van der Waals surface area contributed by atoms with E-state index in [1.165, 1.54) is 36.5 Å². The molecule has 0 saturated carbocycles. The first-order valence-electron chi connectivity index (χ1n) is 10.6. The van der Waals surface area contributed by atoms with Crippen LogP contribution < -0.4 is 5.32 Å². The Hall–Kier alpha value is -3.55. The summed E-state index contributed by atoms with van der Waals surface area (Å²) in [5.74, 6) is -0.495. The third-order valence-corrected chi connectivity index (χ3v) is 6.51. The summed E-state index contributed by atoms with van der Waals surface area (Å²) in [6, 6.07) is 5.24. The molecular weight excluding hydrogens is 551 g/mol. The molecule has 1 aliphatic rings. The molecule has 3 aromatic rings. The van der Waals surface area contributed by atoms with Gasteiger partial charge in [0.05, 0.1) is 22.5 Å². The second-order valence-corrected chi connectivity index (χ2v) is 9.20. The lowest BCUT2D eigenvalue weighted by molar-refractivity contribution is -0.276. The van der Waals surface area contributed by atoms with Crippen LogP contribution in [0.25, 0.3) is 0 Å². The second-order valence-electron chi connectivity index (χ2n) is 8.42. The lowest BCUT2D eigenvalue weighted by Crippen LogP contribution is -2.43. The van der Waals surface area contributed by atoms with Crippen molar-refractivity contribution in [2.45, 2.75) is 37.5 Å². The molecule has 14 heteroatoms. The van der Waals surface area contributed by atoms with E-state index in [9.17, 15) is 44.3 Å². The Kier molecular flexibility index (Phi) is 6.75. The number of thiophene rings is 1. The summed E-state index contributed by atoms with van der Waals surface area (Å²) in [5.41, 5.74) is -8.10. The Labute approximate surface area is 212 Å². The van der Waals surface area contributed by atoms with E-state index in [-0.39, 0.29) is 35.0 Å². The molecule has 4 nitrogen and oxygen atoms in total. The van der Waals surface area contributed by atoms with E-state index in [0.29, 0.717) is 11.3 Å². The lowest BCUT2D eigenvalue weighted by atomic mass is 9.84. The van der Waals surface area contributed by atoms with Crippen molar-refractivity contribution in [3.8, 4) is 0 Å². The van der Waals surface area contributed by atoms with Gasteiger partial charge in [0.2, 0.25) is 0 Å². The van der Waals surface area contributed by atoms with Gasteiger partial charge >= 0.3 is 18.5 Å². The molecule has 0 radical (unpaired) electrons. The Morgan fingerprint density at radius 1 is 0.947 bits per heavy atom. The summed E-state index contributed by atoms with van der Waals surface area (Å²) in [6.45, 7) is 1.50. The number of alkyl halides is 9. The first-order valence-corrected chi connectivity index (χ1v) is 11.5. The molecule has 1 unspecified atom stereocenters. The zero-order chi connectivity index (χ0) is 28.1. The zero-order valence-electron chi connectivity index (χ0n) is 19.0. The number of amides is 1. The fraction of sp³-hybridized carbons (Fsp3) is 0.250. The third kappa shape index (κ3) is 5.22. The highest BCUT2D eigenvalue weighted by Crippen LogP contribution is 2.51. The maximum absolute atomic E-state index is 14.3. The van der Waals surface area contributed by atoms with Crippen LogP contribution in [0.15, 0.2) is 58.4 Å². The number of hydrogen-bond acceptors (Lipinski definition) is 4. The summed E-state index contributed by atoms with van der Waals surface area (Å²) in [7, 11) is 0. The van der Waals surface area contributed by atoms with Gasteiger partial charge in [0.25, 0.3) is 11.5 Å². The number of hydrogen-bond donors (Lipinski definition) is 1. The van der Waals surface area contributed by atoms with Crippen LogP contribution in [0.1, 0.15) is 44.6 Å². The quantitative estimate of drug-likeness (QED) is 0.326. The molecule has 0 aliphatic carbocycles. The zero-order valence-corrected chi connectivity index (χ0v) is 19.8. The van der Waals surface area contributed by atoms with Gasteiger partial charge in [-0.25, -0.2) is 0 Å². The van der Waals surface area contributed by atoms with Crippen molar-refractivity contribution in [3.05, 3.63) is 86.6 Å². The molecule has 1 aliphatic heterocycles. The van der Waals surface area contributed by atoms with Gasteiger partial charge in [-0.05, 0) is 59.8 Å². The fourth-order valence-electron chi connectivity index (χ4n) is 3.88. The van der Waals surface area contributed by atoms with Crippen molar-refractivity contribution in [3.63, 3.8) is 0 Å². The number of halogens is 9. The molecule has 202 valence electrons. The highest BCUT2D eigenvalue weighted by atomic mass is 32.1. The number of rotatable bonds is 4. The maximum Gasteiger partial charge on any atom is 0.435 e. The van der Waals surface area contributed by atoms with E-state index in [2.05, 4.69) is 15.3 Å². The number of aryl methyl sites for hydroxylation is 1. The predicted molar refractivity (Wildman–Crippen MR) is 120 cm³/mol. The SMILES string of the molecule is Cc1cc(C2=NOC(c3cc(C(F)(F)F)cc(C(F)(F)F)c3)(C(F)(F)F)C2)ccc1C(=O)Nc1ccsc1. The van der Waals surface area contributed by atoms with Gasteiger partial charge < -0.3 is 10.2 Å². The smallest absolute Gasteiger partial charge is 0.374 e. The molecule has 0 bridgehead atoms. The normalized spacial score (nSPS) is 18.2. The summed E-state index contributed by atoms with van der Waals surface area (Å²) >= 11 is 1.34. The summed E-state index contributed by atoms with van der Waals surface area (Å²) in [4.78, 5) is 17.1.